The highest BCUT2D eigenvalue weighted by Gasteiger charge is 2.13. The van der Waals surface area contributed by atoms with Gasteiger partial charge in [0.25, 0.3) is 0 Å². The number of rotatable bonds is 0. The molecule has 1 N–H and O–H groups in total. The molecule has 0 radical (unpaired) electrons. The van der Waals surface area contributed by atoms with Crippen LogP contribution in [0.5, 0.6) is 0 Å². The normalized spacial score (nSPS) is 13.3. The summed E-state index contributed by atoms with van der Waals surface area (Å²) in [6.45, 7) is 3.13. The minimum absolute atomic E-state index is 0.937. The van der Waals surface area contributed by atoms with Crippen LogP contribution in [0, 0.1) is 6.92 Å². The van der Waals surface area contributed by atoms with Gasteiger partial charge in [0, 0.05) is 18.7 Å². The fourth-order valence-electron chi connectivity index (χ4n) is 2.39. The van der Waals surface area contributed by atoms with Crippen molar-refractivity contribution < 1.29 is 0 Å². The molecule has 0 unspecified atom stereocenters. The summed E-state index contributed by atoms with van der Waals surface area (Å²) in [7, 11) is 0. The van der Waals surface area contributed by atoms with Crippen LogP contribution in [0.4, 0.5) is 5.69 Å². The Kier molecular flexibility index (Phi) is 2.17. The molecular formula is C15H15N. The van der Waals surface area contributed by atoms with Crippen LogP contribution in [0.2, 0.25) is 0 Å². The van der Waals surface area contributed by atoms with Crippen LogP contribution < -0.4 is 5.32 Å². The fourth-order valence-corrected chi connectivity index (χ4v) is 2.39. The zero-order valence-corrected chi connectivity index (χ0v) is 9.46. The van der Waals surface area contributed by atoms with E-state index in [1.165, 1.54) is 27.9 Å². The number of anilines is 1. The Morgan fingerprint density at radius 2 is 1.75 bits per heavy atom. The van der Waals surface area contributed by atoms with Crippen LogP contribution in [0.3, 0.4) is 0 Å². The van der Waals surface area contributed by atoms with Gasteiger partial charge < -0.3 is 5.32 Å². The quantitative estimate of drug-likeness (QED) is 0.700. The Morgan fingerprint density at radius 1 is 0.938 bits per heavy atom. The molecule has 0 atom stereocenters. The van der Waals surface area contributed by atoms with E-state index < -0.39 is 0 Å². The molecule has 1 nitrogen and oxygen atoms in total. The van der Waals surface area contributed by atoms with Crippen molar-refractivity contribution in [3.63, 3.8) is 0 Å². The molecule has 0 bridgehead atoms. The SMILES string of the molecule is Cc1cccc2c1Cc1ccccc1CN2. The minimum atomic E-state index is 0.937. The van der Waals surface area contributed by atoms with Gasteiger partial charge in [-0.05, 0) is 35.2 Å². The van der Waals surface area contributed by atoms with Gasteiger partial charge in [0.1, 0.15) is 0 Å². The van der Waals surface area contributed by atoms with E-state index in [1.54, 1.807) is 0 Å². The zero-order chi connectivity index (χ0) is 11.0. The predicted octanol–water partition coefficient (Wildman–Crippen LogP) is 3.51. The van der Waals surface area contributed by atoms with Crippen molar-refractivity contribution in [3.8, 4) is 0 Å². The lowest BCUT2D eigenvalue weighted by molar-refractivity contribution is 1.12. The van der Waals surface area contributed by atoms with E-state index in [9.17, 15) is 0 Å². The minimum Gasteiger partial charge on any atom is -0.381 e. The first-order chi connectivity index (χ1) is 7.84. The van der Waals surface area contributed by atoms with E-state index in [-0.39, 0.29) is 0 Å². The number of hydrogen-bond acceptors (Lipinski definition) is 1. The Balaban J connectivity index is 2.13. The molecular weight excluding hydrogens is 194 g/mol. The summed E-state index contributed by atoms with van der Waals surface area (Å²) in [6, 6.07) is 15.2. The summed E-state index contributed by atoms with van der Waals surface area (Å²) >= 11 is 0. The summed E-state index contributed by atoms with van der Waals surface area (Å²) in [5.41, 5.74) is 6.96. The van der Waals surface area contributed by atoms with Crippen molar-refractivity contribution in [2.75, 3.05) is 5.32 Å². The third-order valence-corrected chi connectivity index (χ3v) is 3.37. The van der Waals surface area contributed by atoms with Crippen molar-refractivity contribution in [1.29, 1.82) is 0 Å². The standard InChI is InChI=1S/C15H15N/c1-11-5-4-8-15-14(11)9-12-6-2-3-7-13(12)10-16-15/h2-8,16H,9-10H2,1H3. The van der Waals surface area contributed by atoms with Gasteiger partial charge in [-0.25, -0.2) is 0 Å². The number of hydrogen-bond donors (Lipinski definition) is 1. The van der Waals surface area contributed by atoms with Crippen LogP contribution in [-0.4, -0.2) is 0 Å². The van der Waals surface area contributed by atoms with E-state index >= 15 is 0 Å². The third-order valence-electron chi connectivity index (χ3n) is 3.37. The second-order valence-corrected chi connectivity index (χ2v) is 4.40. The molecule has 16 heavy (non-hydrogen) atoms. The van der Waals surface area contributed by atoms with Crippen molar-refractivity contribution >= 4 is 5.69 Å². The molecule has 1 aliphatic heterocycles. The molecule has 2 aromatic rings. The molecule has 0 saturated carbocycles. The van der Waals surface area contributed by atoms with Crippen molar-refractivity contribution in [3.05, 3.63) is 64.7 Å². The van der Waals surface area contributed by atoms with E-state index in [0.29, 0.717) is 0 Å². The van der Waals surface area contributed by atoms with E-state index in [2.05, 4.69) is 54.7 Å². The van der Waals surface area contributed by atoms with Gasteiger partial charge in [-0.3, -0.25) is 0 Å². The van der Waals surface area contributed by atoms with Gasteiger partial charge in [0.2, 0.25) is 0 Å². The highest BCUT2D eigenvalue weighted by atomic mass is 14.9. The summed E-state index contributed by atoms with van der Waals surface area (Å²) in [6.07, 6.45) is 1.05. The number of fused-ring (bicyclic) bond motifs is 2. The molecule has 1 aliphatic rings. The Morgan fingerprint density at radius 3 is 2.62 bits per heavy atom. The second kappa shape index (κ2) is 3.67. The Bertz CT molecular complexity index is 529. The monoisotopic (exact) mass is 209 g/mol. The van der Waals surface area contributed by atoms with Crippen LogP contribution in [0.1, 0.15) is 22.3 Å². The van der Waals surface area contributed by atoms with Crippen molar-refractivity contribution in [2.45, 2.75) is 19.9 Å². The molecule has 0 aromatic heterocycles. The third kappa shape index (κ3) is 1.49. The van der Waals surface area contributed by atoms with Gasteiger partial charge in [-0.2, -0.15) is 0 Å². The molecule has 0 fully saturated rings. The zero-order valence-electron chi connectivity index (χ0n) is 9.46. The number of benzene rings is 2. The molecule has 0 spiro atoms. The first-order valence-corrected chi connectivity index (χ1v) is 5.74. The predicted molar refractivity (Wildman–Crippen MR) is 67.8 cm³/mol. The summed E-state index contributed by atoms with van der Waals surface area (Å²) in [5.74, 6) is 0. The number of nitrogens with one attached hydrogen (secondary N) is 1. The molecule has 0 saturated heterocycles. The van der Waals surface area contributed by atoms with Gasteiger partial charge >= 0.3 is 0 Å². The van der Waals surface area contributed by atoms with Gasteiger partial charge in [0.15, 0.2) is 0 Å². The van der Waals surface area contributed by atoms with Crippen LogP contribution in [-0.2, 0) is 13.0 Å². The first-order valence-electron chi connectivity index (χ1n) is 5.74. The summed E-state index contributed by atoms with van der Waals surface area (Å²) < 4.78 is 0. The lowest BCUT2D eigenvalue weighted by Gasteiger charge is -2.09. The fraction of sp³-hybridized carbons (Fsp3) is 0.200. The molecule has 80 valence electrons. The highest BCUT2D eigenvalue weighted by Crippen LogP contribution is 2.28. The second-order valence-electron chi connectivity index (χ2n) is 4.40. The largest absolute Gasteiger partial charge is 0.381 e. The van der Waals surface area contributed by atoms with E-state index in [4.69, 9.17) is 0 Å². The Labute approximate surface area is 96.1 Å². The maximum absolute atomic E-state index is 3.52. The number of aryl methyl sites for hydroxylation is 1. The average Bonchev–Trinajstić information content (AvgIpc) is 2.50. The van der Waals surface area contributed by atoms with Gasteiger partial charge in [0.05, 0.1) is 0 Å². The molecule has 3 rings (SSSR count). The molecule has 1 heterocycles. The van der Waals surface area contributed by atoms with E-state index in [1.807, 2.05) is 0 Å². The van der Waals surface area contributed by atoms with Gasteiger partial charge in [-0.1, -0.05) is 36.4 Å². The molecule has 2 aromatic carbocycles. The lowest BCUT2D eigenvalue weighted by Crippen LogP contribution is -1.99. The maximum atomic E-state index is 3.52. The molecule has 0 amide bonds. The molecule has 0 aliphatic carbocycles. The average molecular weight is 209 g/mol. The van der Waals surface area contributed by atoms with Crippen molar-refractivity contribution in [2.24, 2.45) is 0 Å². The molecule has 1 heteroatoms. The highest BCUT2D eigenvalue weighted by molar-refractivity contribution is 5.58. The van der Waals surface area contributed by atoms with Crippen LogP contribution in [0.25, 0.3) is 0 Å². The first kappa shape index (κ1) is 9.46. The van der Waals surface area contributed by atoms with Crippen LogP contribution >= 0.6 is 0 Å². The van der Waals surface area contributed by atoms with Crippen LogP contribution in [0.15, 0.2) is 42.5 Å². The van der Waals surface area contributed by atoms with Gasteiger partial charge in [-0.15, -0.1) is 0 Å². The topological polar surface area (TPSA) is 12.0 Å². The Hall–Kier alpha value is -1.76. The maximum Gasteiger partial charge on any atom is 0.0403 e. The lowest BCUT2D eigenvalue weighted by atomic mass is 9.97. The smallest absolute Gasteiger partial charge is 0.0403 e. The summed E-state index contributed by atoms with van der Waals surface area (Å²) in [5, 5.41) is 3.52. The van der Waals surface area contributed by atoms with E-state index in [0.717, 1.165) is 13.0 Å². The summed E-state index contributed by atoms with van der Waals surface area (Å²) in [4.78, 5) is 0. The van der Waals surface area contributed by atoms with Crippen molar-refractivity contribution in [1.82, 2.24) is 0 Å².